The number of ether oxygens (including phenoxy) is 2. The molecule has 9 heteroatoms. The molecule has 0 amide bonds. The Kier molecular flexibility index (Phi) is 7.86. The molecule has 0 spiro atoms. The fraction of sp³-hybridized carbons (Fsp3) is 0.917. The lowest BCUT2D eigenvalue weighted by molar-refractivity contribution is -0.291. The van der Waals surface area contributed by atoms with Crippen LogP contribution in [0, 0.1) is 50.2 Å². The molecule has 256 valence electrons. The summed E-state index contributed by atoms with van der Waals surface area (Å²) in [6, 6.07) is 0. The number of aliphatic hydroxyl groups excluding tert-OH is 6. The number of hydrogen-bond donors (Lipinski definition) is 6. The number of hydrogen-bond acceptors (Lipinski definition) is 9. The maximum absolute atomic E-state index is 14.4. The van der Waals surface area contributed by atoms with Crippen molar-refractivity contribution >= 4 is 5.97 Å². The summed E-state index contributed by atoms with van der Waals surface area (Å²) in [5.74, 6) is -0.499. The fourth-order valence-electron chi connectivity index (χ4n) is 12.1. The van der Waals surface area contributed by atoms with Gasteiger partial charge in [0.2, 0.25) is 6.29 Å². The maximum atomic E-state index is 14.4. The summed E-state index contributed by atoms with van der Waals surface area (Å²) in [6.07, 6.45) is -1.07. The minimum Gasteiger partial charge on any atom is -0.432 e. The van der Waals surface area contributed by atoms with Crippen molar-refractivity contribution in [3.63, 3.8) is 0 Å². The lowest BCUT2D eigenvalue weighted by Gasteiger charge is -2.71. The second-order valence-corrected chi connectivity index (χ2v) is 18.0. The molecule has 6 rings (SSSR count). The normalized spacial score (nSPS) is 55.2. The van der Waals surface area contributed by atoms with Crippen LogP contribution in [0.15, 0.2) is 11.6 Å². The van der Waals surface area contributed by atoms with Gasteiger partial charge in [-0.1, -0.05) is 60.1 Å². The second kappa shape index (κ2) is 10.5. The molecule has 1 heterocycles. The van der Waals surface area contributed by atoms with E-state index in [1.165, 1.54) is 0 Å². The van der Waals surface area contributed by atoms with Gasteiger partial charge in [-0.2, -0.15) is 0 Å². The molecule has 4 saturated carbocycles. The van der Waals surface area contributed by atoms with E-state index in [9.17, 15) is 35.4 Å². The highest BCUT2D eigenvalue weighted by molar-refractivity contribution is 5.79. The van der Waals surface area contributed by atoms with Crippen LogP contribution in [-0.4, -0.2) is 85.6 Å². The molecule has 0 aromatic rings. The molecule has 6 aliphatic rings. The lowest BCUT2D eigenvalue weighted by atomic mass is 9.33. The van der Waals surface area contributed by atoms with Crippen LogP contribution in [0.1, 0.15) is 107 Å². The highest BCUT2D eigenvalue weighted by atomic mass is 16.7. The standard InChI is InChI=1S/C36H58O9/c1-18-24(38)25(39)26(40)29(44-18)45-30(43)36-15-13-31(2,3)28(42)23(36)19-9-10-22-33(6)17-20(37)27(41)32(4,5)21(33)11-12-35(22,8)34(19,7)14-16-36/h9,18,20-29,37-42H,10-17H2,1-8H3/t18-,20+,21-,22+,23+,24-,25+,26+,27-,28-,29-,33-,34+,35+,36-/m0/s1. The third-order valence-corrected chi connectivity index (χ3v) is 15.2. The molecular weight excluding hydrogens is 576 g/mol. The van der Waals surface area contributed by atoms with E-state index >= 15 is 0 Å². The third-order valence-electron chi connectivity index (χ3n) is 15.2. The molecule has 0 unspecified atom stereocenters. The van der Waals surface area contributed by atoms with Gasteiger partial charge >= 0.3 is 5.97 Å². The van der Waals surface area contributed by atoms with E-state index in [1.807, 2.05) is 0 Å². The Hall–Kier alpha value is -1.07. The van der Waals surface area contributed by atoms with Gasteiger partial charge in [-0.3, -0.25) is 4.79 Å². The van der Waals surface area contributed by atoms with E-state index in [-0.39, 0.29) is 28.1 Å². The molecule has 1 aliphatic heterocycles. The van der Waals surface area contributed by atoms with E-state index in [0.717, 1.165) is 31.3 Å². The molecule has 6 N–H and O–H groups in total. The summed E-state index contributed by atoms with van der Waals surface area (Å²) in [5.41, 5.74) is -1.40. The van der Waals surface area contributed by atoms with E-state index < -0.39 is 77.1 Å². The van der Waals surface area contributed by atoms with E-state index in [0.29, 0.717) is 25.7 Å². The molecule has 1 saturated heterocycles. The van der Waals surface area contributed by atoms with Gasteiger partial charge in [0.15, 0.2) is 0 Å². The number of fused-ring (bicyclic) bond motifs is 7. The molecule has 0 bridgehead atoms. The number of carbonyl (C=O) groups is 1. The van der Waals surface area contributed by atoms with E-state index in [1.54, 1.807) is 6.92 Å². The minimum absolute atomic E-state index is 0.157. The molecule has 5 aliphatic carbocycles. The van der Waals surface area contributed by atoms with Crippen molar-refractivity contribution in [3.05, 3.63) is 11.6 Å². The van der Waals surface area contributed by atoms with Gasteiger partial charge in [-0.15, -0.1) is 0 Å². The zero-order valence-electron chi connectivity index (χ0n) is 28.5. The SMILES string of the molecule is C[C@@H]1O[C@@H](OC(=O)[C@]23CCC(C)(C)[C@@H](O)[C@H]2C2=CC[C@@H]4[C@@]5(C)C[C@@H](O)[C@H](O)C(C)(C)[C@@H]5CC[C@@]4(C)[C@]2(C)CC3)[C@H](O)[C@H](O)[C@H]1O. The average molecular weight is 635 g/mol. The summed E-state index contributed by atoms with van der Waals surface area (Å²) < 4.78 is 11.6. The Morgan fingerprint density at radius 1 is 0.822 bits per heavy atom. The first kappa shape index (κ1) is 33.8. The van der Waals surface area contributed by atoms with Crippen LogP contribution < -0.4 is 0 Å². The largest absolute Gasteiger partial charge is 0.432 e. The number of carbonyl (C=O) groups excluding carboxylic acids is 1. The Bertz CT molecular complexity index is 1230. The number of allylic oxidation sites excluding steroid dienone is 1. The number of aliphatic hydroxyl groups is 6. The van der Waals surface area contributed by atoms with Gasteiger partial charge in [-0.25, -0.2) is 0 Å². The smallest absolute Gasteiger partial charge is 0.315 e. The molecular formula is C36H58O9. The Morgan fingerprint density at radius 3 is 2.13 bits per heavy atom. The second-order valence-electron chi connectivity index (χ2n) is 18.0. The molecule has 9 nitrogen and oxygen atoms in total. The van der Waals surface area contributed by atoms with Crippen LogP contribution in [0.4, 0.5) is 0 Å². The topological polar surface area (TPSA) is 157 Å². The van der Waals surface area contributed by atoms with Crippen LogP contribution >= 0.6 is 0 Å². The van der Waals surface area contributed by atoms with Gasteiger partial charge in [0.1, 0.15) is 18.3 Å². The fourth-order valence-corrected chi connectivity index (χ4v) is 12.1. The van der Waals surface area contributed by atoms with Crippen molar-refractivity contribution in [3.8, 4) is 0 Å². The van der Waals surface area contributed by atoms with Crippen molar-refractivity contribution in [1.29, 1.82) is 0 Å². The van der Waals surface area contributed by atoms with E-state index in [2.05, 4.69) is 54.5 Å². The Labute approximate surface area is 268 Å². The van der Waals surface area contributed by atoms with Gasteiger partial charge < -0.3 is 40.1 Å². The first-order valence-electron chi connectivity index (χ1n) is 17.3. The summed E-state index contributed by atoms with van der Waals surface area (Å²) in [4.78, 5) is 14.4. The first-order chi connectivity index (χ1) is 20.7. The maximum Gasteiger partial charge on any atom is 0.315 e. The predicted octanol–water partition coefficient (Wildman–Crippen LogP) is 3.46. The highest BCUT2D eigenvalue weighted by Gasteiger charge is 2.71. The highest BCUT2D eigenvalue weighted by Crippen LogP contribution is 2.75. The molecule has 0 aromatic heterocycles. The molecule has 5 fully saturated rings. The zero-order valence-corrected chi connectivity index (χ0v) is 28.5. The van der Waals surface area contributed by atoms with Crippen molar-refractivity contribution in [2.24, 2.45) is 50.2 Å². The first-order valence-corrected chi connectivity index (χ1v) is 17.3. The summed E-state index contributed by atoms with van der Waals surface area (Å²) >= 11 is 0. The summed E-state index contributed by atoms with van der Waals surface area (Å²) in [6.45, 7) is 16.9. The predicted molar refractivity (Wildman–Crippen MR) is 166 cm³/mol. The minimum atomic E-state index is -1.59. The Balaban J connectivity index is 1.39. The van der Waals surface area contributed by atoms with Gasteiger partial charge in [0.05, 0.1) is 29.8 Å². The third kappa shape index (κ3) is 4.39. The summed E-state index contributed by atoms with van der Waals surface area (Å²) in [5, 5.41) is 65.6. The van der Waals surface area contributed by atoms with Crippen molar-refractivity contribution in [1.82, 2.24) is 0 Å². The van der Waals surface area contributed by atoms with Crippen molar-refractivity contribution < 1.29 is 44.9 Å². The van der Waals surface area contributed by atoms with Crippen LogP contribution in [0.2, 0.25) is 0 Å². The Morgan fingerprint density at radius 2 is 1.47 bits per heavy atom. The number of esters is 1. The monoisotopic (exact) mass is 634 g/mol. The summed E-state index contributed by atoms with van der Waals surface area (Å²) in [7, 11) is 0. The number of rotatable bonds is 2. The van der Waals surface area contributed by atoms with E-state index in [4.69, 9.17) is 9.47 Å². The lowest BCUT2D eigenvalue weighted by Crippen LogP contribution is -2.68. The molecule has 0 aromatic carbocycles. The van der Waals surface area contributed by atoms with Gasteiger partial charge in [0, 0.05) is 5.92 Å². The van der Waals surface area contributed by atoms with Crippen LogP contribution in [0.25, 0.3) is 0 Å². The van der Waals surface area contributed by atoms with Gasteiger partial charge in [-0.05, 0) is 97.2 Å². The van der Waals surface area contributed by atoms with Crippen molar-refractivity contribution in [2.45, 2.75) is 156 Å². The molecule has 0 radical (unpaired) electrons. The van der Waals surface area contributed by atoms with Crippen LogP contribution in [0.5, 0.6) is 0 Å². The van der Waals surface area contributed by atoms with Crippen LogP contribution in [0.3, 0.4) is 0 Å². The average Bonchev–Trinajstić information content (AvgIpc) is 2.95. The van der Waals surface area contributed by atoms with Gasteiger partial charge in [0.25, 0.3) is 0 Å². The van der Waals surface area contributed by atoms with Crippen LogP contribution in [-0.2, 0) is 14.3 Å². The molecule has 45 heavy (non-hydrogen) atoms. The zero-order chi connectivity index (χ0) is 33.3. The van der Waals surface area contributed by atoms with Crippen molar-refractivity contribution in [2.75, 3.05) is 0 Å². The quantitative estimate of drug-likeness (QED) is 0.198. The molecule has 15 atom stereocenters.